The topological polar surface area (TPSA) is 96.1 Å². The number of piperazine rings is 1. The predicted molar refractivity (Wildman–Crippen MR) is 89.9 cm³/mol. The average Bonchev–Trinajstić information content (AvgIpc) is 3.00. The van der Waals surface area contributed by atoms with E-state index in [2.05, 4.69) is 0 Å². The lowest BCUT2D eigenvalue weighted by Crippen LogP contribution is -2.71. The molecule has 3 aliphatic rings. The van der Waals surface area contributed by atoms with Gasteiger partial charge >= 0.3 is 0 Å². The maximum atomic E-state index is 13.0. The van der Waals surface area contributed by atoms with Crippen LogP contribution in [0.4, 0.5) is 0 Å². The first-order valence-electron chi connectivity index (χ1n) is 8.48. The van der Waals surface area contributed by atoms with E-state index in [1.54, 1.807) is 18.7 Å². The van der Waals surface area contributed by atoms with Crippen molar-refractivity contribution in [2.45, 2.75) is 70.7 Å². The Morgan fingerprint density at radius 3 is 2.50 bits per heavy atom. The monoisotopic (exact) mass is 361 g/mol. The molecule has 0 aliphatic carbocycles. The van der Waals surface area contributed by atoms with E-state index >= 15 is 0 Å². The Morgan fingerprint density at radius 2 is 1.96 bits per heavy atom. The second-order valence-corrected chi connectivity index (χ2v) is 7.72. The van der Waals surface area contributed by atoms with Crippen LogP contribution in [0.1, 0.15) is 47.0 Å². The minimum absolute atomic E-state index is 0. The van der Waals surface area contributed by atoms with Gasteiger partial charge in [-0.25, -0.2) is 0 Å². The Morgan fingerprint density at radius 1 is 1.33 bits per heavy atom. The summed E-state index contributed by atoms with van der Waals surface area (Å²) < 4.78 is 5.80. The Hall–Kier alpha value is -0.890. The zero-order valence-electron chi connectivity index (χ0n) is 14.7. The fourth-order valence-corrected chi connectivity index (χ4v) is 4.01. The molecule has 138 valence electrons. The number of rotatable bonds is 3. The third kappa shape index (κ3) is 2.44. The number of hydrogen-bond donors (Lipinski definition) is 2. The molecule has 3 N–H and O–H groups in total. The van der Waals surface area contributed by atoms with Gasteiger partial charge in [0.25, 0.3) is 11.8 Å². The van der Waals surface area contributed by atoms with Gasteiger partial charge in [0, 0.05) is 12.5 Å². The first kappa shape index (κ1) is 19.4. The van der Waals surface area contributed by atoms with Gasteiger partial charge < -0.3 is 10.0 Å². The summed E-state index contributed by atoms with van der Waals surface area (Å²) in [5.41, 5.74) is 4.61. The van der Waals surface area contributed by atoms with Crippen LogP contribution in [-0.2, 0) is 14.3 Å². The maximum Gasteiger partial charge on any atom is 0.275 e. The molecular weight excluding hydrogens is 334 g/mol. The zero-order chi connectivity index (χ0) is 17.2. The lowest BCUT2D eigenvalue weighted by molar-refractivity contribution is -0.318. The Labute approximate surface area is 148 Å². The van der Waals surface area contributed by atoms with Crippen LogP contribution in [0.2, 0.25) is 0 Å². The minimum atomic E-state index is -1.82. The molecule has 3 saturated heterocycles. The van der Waals surface area contributed by atoms with Gasteiger partial charge in [0.05, 0.1) is 0 Å². The van der Waals surface area contributed by atoms with Gasteiger partial charge in [0.1, 0.15) is 12.1 Å². The van der Waals surface area contributed by atoms with Crippen molar-refractivity contribution in [2.24, 2.45) is 17.6 Å². The predicted octanol–water partition coefficient (Wildman–Crippen LogP) is 0.643. The summed E-state index contributed by atoms with van der Waals surface area (Å²) in [7, 11) is 0. The number of fused-ring (bicyclic) bond motifs is 3. The fraction of sp³-hybridized carbons (Fsp3) is 0.875. The third-order valence-electron chi connectivity index (χ3n) is 5.34. The van der Waals surface area contributed by atoms with Crippen molar-refractivity contribution in [1.82, 2.24) is 9.80 Å². The van der Waals surface area contributed by atoms with E-state index in [1.165, 1.54) is 4.90 Å². The lowest BCUT2D eigenvalue weighted by atomic mass is 9.94. The molecule has 24 heavy (non-hydrogen) atoms. The molecule has 0 unspecified atom stereocenters. The molecule has 8 heteroatoms. The van der Waals surface area contributed by atoms with E-state index in [9.17, 15) is 14.7 Å². The summed E-state index contributed by atoms with van der Waals surface area (Å²) in [6.45, 7) is 8.13. The zero-order valence-corrected chi connectivity index (χ0v) is 15.5. The molecule has 0 spiro atoms. The van der Waals surface area contributed by atoms with Gasteiger partial charge in [-0.2, -0.15) is 0 Å². The van der Waals surface area contributed by atoms with Crippen LogP contribution >= 0.6 is 12.4 Å². The molecule has 3 heterocycles. The highest BCUT2D eigenvalue weighted by atomic mass is 35.5. The standard InChI is InChI=1S/C16H27N3O4.ClH/c1-9(2)8-11-13(20)18-7-5-6-12(18)16(22)19(11)14(21)15(17,23-16)10(3)4;/h9-12,22H,5-8,17H2,1-4H3;1H/t11-,12-,15+,16-;/m0./s1. The Balaban J connectivity index is 0.00000208. The highest BCUT2D eigenvalue weighted by Gasteiger charge is 2.70. The highest BCUT2D eigenvalue weighted by Crippen LogP contribution is 2.47. The van der Waals surface area contributed by atoms with E-state index < -0.39 is 29.6 Å². The molecule has 7 nitrogen and oxygen atoms in total. The minimum Gasteiger partial charge on any atom is -0.347 e. The first-order valence-corrected chi connectivity index (χ1v) is 8.48. The van der Waals surface area contributed by atoms with Crippen LogP contribution in [0, 0.1) is 11.8 Å². The van der Waals surface area contributed by atoms with E-state index in [-0.39, 0.29) is 30.2 Å². The van der Waals surface area contributed by atoms with Gasteiger partial charge in [-0.05, 0) is 25.2 Å². The molecule has 3 rings (SSSR count). The number of aliphatic hydroxyl groups is 1. The SMILES string of the molecule is CC(C)C[C@H]1C(=O)N2CCC[C@H]2[C@]2(O)O[C@](N)(C(C)C)C(=O)N12.Cl. The molecular formula is C16H28ClN3O4. The molecule has 2 amide bonds. The van der Waals surface area contributed by atoms with E-state index in [4.69, 9.17) is 10.5 Å². The number of halogens is 1. The van der Waals surface area contributed by atoms with Gasteiger partial charge in [-0.15, -0.1) is 12.4 Å². The van der Waals surface area contributed by atoms with Crippen molar-refractivity contribution in [3.63, 3.8) is 0 Å². The summed E-state index contributed by atoms with van der Waals surface area (Å²) in [5.74, 6) is -2.52. The molecule has 4 atom stereocenters. The second-order valence-electron chi connectivity index (χ2n) is 7.72. The van der Waals surface area contributed by atoms with Crippen molar-refractivity contribution >= 4 is 24.2 Å². The average molecular weight is 362 g/mol. The van der Waals surface area contributed by atoms with Crippen molar-refractivity contribution < 1.29 is 19.4 Å². The quantitative estimate of drug-likeness (QED) is 0.769. The molecule has 0 aromatic heterocycles. The Kier molecular flexibility index (Phi) is 4.96. The summed E-state index contributed by atoms with van der Waals surface area (Å²) in [6, 6.07) is -1.25. The van der Waals surface area contributed by atoms with Crippen LogP contribution in [0.5, 0.6) is 0 Å². The number of nitrogens with two attached hydrogens (primary N) is 1. The largest absolute Gasteiger partial charge is 0.347 e. The smallest absolute Gasteiger partial charge is 0.275 e. The third-order valence-corrected chi connectivity index (χ3v) is 5.34. The first-order chi connectivity index (χ1) is 10.6. The lowest BCUT2D eigenvalue weighted by Gasteiger charge is -2.49. The molecule has 0 bridgehead atoms. The number of carbonyl (C=O) groups excluding carboxylic acids is 2. The normalized spacial score (nSPS) is 38.7. The summed E-state index contributed by atoms with van der Waals surface area (Å²) in [5, 5.41) is 11.2. The molecule has 0 aromatic carbocycles. The van der Waals surface area contributed by atoms with Crippen LogP contribution in [0.3, 0.4) is 0 Å². The van der Waals surface area contributed by atoms with Crippen molar-refractivity contribution in [2.75, 3.05) is 6.54 Å². The van der Waals surface area contributed by atoms with E-state index in [0.29, 0.717) is 19.4 Å². The number of ether oxygens (including phenoxy) is 1. The van der Waals surface area contributed by atoms with E-state index in [1.807, 2.05) is 13.8 Å². The van der Waals surface area contributed by atoms with Crippen molar-refractivity contribution in [3.8, 4) is 0 Å². The number of amides is 2. The van der Waals surface area contributed by atoms with Gasteiger partial charge in [0.15, 0.2) is 0 Å². The molecule has 3 aliphatic heterocycles. The summed E-state index contributed by atoms with van der Waals surface area (Å²) >= 11 is 0. The van der Waals surface area contributed by atoms with Crippen LogP contribution in [0.15, 0.2) is 0 Å². The van der Waals surface area contributed by atoms with Crippen LogP contribution in [0.25, 0.3) is 0 Å². The Bertz CT molecular complexity index is 543. The second kappa shape index (κ2) is 6.12. The number of nitrogens with zero attached hydrogens (tertiary/aromatic N) is 2. The van der Waals surface area contributed by atoms with Gasteiger partial charge in [-0.1, -0.05) is 27.7 Å². The number of hydrogen-bond acceptors (Lipinski definition) is 5. The van der Waals surface area contributed by atoms with Gasteiger partial charge in [-0.3, -0.25) is 25.0 Å². The van der Waals surface area contributed by atoms with Crippen LogP contribution in [-0.4, -0.2) is 57.0 Å². The van der Waals surface area contributed by atoms with Crippen molar-refractivity contribution in [3.05, 3.63) is 0 Å². The maximum absolute atomic E-state index is 13.0. The van der Waals surface area contributed by atoms with E-state index in [0.717, 1.165) is 6.42 Å². The van der Waals surface area contributed by atoms with Gasteiger partial charge in [0.2, 0.25) is 11.6 Å². The molecule has 0 saturated carbocycles. The molecule has 0 aromatic rings. The number of carbonyl (C=O) groups is 2. The highest BCUT2D eigenvalue weighted by molar-refractivity contribution is 5.94. The summed E-state index contributed by atoms with van der Waals surface area (Å²) in [4.78, 5) is 28.8. The molecule has 3 fully saturated rings. The summed E-state index contributed by atoms with van der Waals surface area (Å²) in [6.07, 6.45) is 1.87. The van der Waals surface area contributed by atoms with Crippen molar-refractivity contribution in [1.29, 1.82) is 0 Å². The van der Waals surface area contributed by atoms with Crippen LogP contribution < -0.4 is 5.73 Å². The molecule has 0 radical (unpaired) electrons. The fourth-order valence-electron chi connectivity index (χ4n) is 4.01.